The number of ether oxygens (including phenoxy) is 1. The van der Waals surface area contributed by atoms with E-state index in [0.717, 1.165) is 36.8 Å². The van der Waals surface area contributed by atoms with Gasteiger partial charge in [0.1, 0.15) is 6.10 Å². The first-order chi connectivity index (χ1) is 11.3. The lowest BCUT2D eigenvalue weighted by atomic mass is 9.98. The topological polar surface area (TPSA) is 58.5 Å². The van der Waals surface area contributed by atoms with Crippen LogP contribution in [-0.4, -0.2) is 29.6 Å². The lowest BCUT2D eigenvalue weighted by Crippen LogP contribution is -2.38. The zero-order valence-electron chi connectivity index (χ0n) is 14.5. The highest BCUT2D eigenvalue weighted by atomic mass is 127. The first-order valence-electron chi connectivity index (χ1n) is 9.00. The van der Waals surface area contributed by atoms with Crippen LogP contribution in [0.25, 0.3) is 0 Å². The van der Waals surface area contributed by atoms with Crippen LogP contribution in [-0.2, 0) is 6.54 Å². The second-order valence-corrected chi connectivity index (χ2v) is 6.50. The molecule has 0 bridgehead atoms. The van der Waals surface area contributed by atoms with Gasteiger partial charge >= 0.3 is 0 Å². The second kappa shape index (κ2) is 10.1. The Labute approximate surface area is 162 Å². The van der Waals surface area contributed by atoms with Crippen molar-refractivity contribution in [2.75, 3.05) is 6.54 Å². The highest BCUT2D eigenvalue weighted by Gasteiger charge is 2.22. The number of nitrogens with zero attached hydrogens (tertiary/aromatic N) is 2. The van der Waals surface area contributed by atoms with Gasteiger partial charge < -0.3 is 15.4 Å². The van der Waals surface area contributed by atoms with Gasteiger partial charge in [-0.25, -0.2) is 9.98 Å². The van der Waals surface area contributed by atoms with E-state index < -0.39 is 0 Å². The molecule has 0 unspecified atom stereocenters. The number of halogens is 1. The van der Waals surface area contributed by atoms with Crippen LogP contribution in [0.3, 0.4) is 0 Å². The Morgan fingerprint density at radius 2 is 2.00 bits per heavy atom. The summed E-state index contributed by atoms with van der Waals surface area (Å²) in [5.41, 5.74) is 1.11. The normalized spacial score (nSPS) is 18.6. The van der Waals surface area contributed by atoms with Gasteiger partial charge in [-0.2, -0.15) is 0 Å². The standard InChI is InChI=1S/C18H28N4O.HI/c1-2-19-18(22-15-9-10-15)21-13-14-8-11-17(20-12-14)23-16-6-4-3-5-7-16;/h8,11-12,15-16H,2-7,9-10,13H2,1H3,(H2,19,21,22);1H. The smallest absolute Gasteiger partial charge is 0.213 e. The third kappa shape index (κ3) is 6.45. The third-order valence-electron chi connectivity index (χ3n) is 4.32. The third-order valence-corrected chi connectivity index (χ3v) is 4.32. The van der Waals surface area contributed by atoms with E-state index in [2.05, 4.69) is 33.6 Å². The summed E-state index contributed by atoms with van der Waals surface area (Å²) in [5.74, 6) is 1.64. The van der Waals surface area contributed by atoms with Gasteiger partial charge in [0.25, 0.3) is 0 Å². The van der Waals surface area contributed by atoms with E-state index in [1.54, 1.807) is 0 Å². The number of guanidine groups is 1. The molecular formula is C18H29IN4O. The Balaban J connectivity index is 0.00000208. The minimum Gasteiger partial charge on any atom is -0.474 e. The molecule has 2 aliphatic carbocycles. The zero-order chi connectivity index (χ0) is 15.9. The highest BCUT2D eigenvalue weighted by Crippen LogP contribution is 2.22. The fraction of sp³-hybridized carbons (Fsp3) is 0.667. The number of aromatic nitrogens is 1. The van der Waals surface area contributed by atoms with Crippen LogP contribution in [0.4, 0.5) is 0 Å². The summed E-state index contributed by atoms with van der Waals surface area (Å²) in [6, 6.07) is 4.65. The minimum absolute atomic E-state index is 0. The van der Waals surface area contributed by atoms with Gasteiger partial charge in [0, 0.05) is 24.8 Å². The fourth-order valence-corrected chi connectivity index (χ4v) is 2.84. The molecule has 0 aliphatic heterocycles. The van der Waals surface area contributed by atoms with Crippen molar-refractivity contribution in [3.63, 3.8) is 0 Å². The lowest BCUT2D eigenvalue weighted by molar-refractivity contribution is 0.148. The van der Waals surface area contributed by atoms with E-state index in [1.165, 1.54) is 32.1 Å². The Morgan fingerprint density at radius 3 is 2.62 bits per heavy atom. The van der Waals surface area contributed by atoms with Gasteiger partial charge in [0.2, 0.25) is 5.88 Å². The van der Waals surface area contributed by atoms with Gasteiger partial charge in [0.05, 0.1) is 6.54 Å². The van der Waals surface area contributed by atoms with Crippen LogP contribution in [0.1, 0.15) is 57.4 Å². The molecule has 0 atom stereocenters. The molecule has 5 nitrogen and oxygen atoms in total. The molecule has 1 heterocycles. The lowest BCUT2D eigenvalue weighted by Gasteiger charge is -2.22. The predicted molar refractivity (Wildman–Crippen MR) is 108 cm³/mol. The Hall–Kier alpha value is -1.05. The molecule has 3 rings (SSSR count). The zero-order valence-corrected chi connectivity index (χ0v) is 16.8. The van der Waals surface area contributed by atoms with Crippen molar-refractivity contribution >= 4 is 29.9 Å². The molecular weight excluding hydrogens is 415 g/mol. The number of rotatable bonds is 6. The van der Waals surface area contributed by atoms with E-state index in [-0.39, 0.29) is 24.0 Å². The van der Waals surface area contributed by atoms with Crippen LogP contribution in [0.15, 0.2) is 23.3 Å². The molecule has 0 amide bonds. The number of hydrogen-bond donors (Lipinski definition) is 2. The summed E-state index contributed by atoms with van der Waals surface area (Å²) >= 11 is 0. The molecule has 24 heavy (non-hydrogen) atoms. The predicted octanol–water partition coefficient (Wildman–Crippen LogP) is 3.63. The molecule has 2 N–H and O–H groups in total. The minimum atomic E-state index is 0. The summed E-state index contributed by atoms with van der Waals surface area (Å²) in [5, 5.41) is 6.70. The summed E-state index contributed by atoms with van der Waals surface area (Å²) in [6.07, 6.45) is 10.9. The fourth-order valence-electron chi connectivity index (χ4n) is 2.84. The van der Waals surface area contributed by atoms with Crippen LogP contribution in [0.5, 0.6) is 5.88 Å². The molecule has 1 aromatic heterocycles. The van der Waals surface area contributed by atoms with Crippen molar-refractivity contribution in [1.82, 2.24) is 15.6 Å². The maximum Gasteiger partial charge on any atom is 0.213 e. The average molecular weight is 444 g/mol. The summed E-state index contributed by atoms with van der Waals surface area (Å²) in [4.78, 5) is 9.06. The van der Waals surface area contributed by atoms with Gasteiger partial charge in [-0.15, -0.1) is 24.0 Å². The van der Waals surface area contributed by atoms with Crippen molar-refractivity contribution in [1.29, 1.82) is 0 Å². The van der Waals surface area contributed by atoms with Crippen LogP contribution in [0, 0.1) is 0 Å². The molecule has 6 heteroatoms. The van der Waals surface area contributed by atoms with Crippen molar-refractivity contribution in [2.45, 2.75) is 70.6 Å². The maximum atomic E-state index is 5.96. The molecule has 0 spiro atoms. The SMILES string of the molecule is CCNC(=NCc1ccc(OC2CCCCC2)nc1)NC1CC1.I. The monoisotopic (exact) mass is 444 g/mol. The van der Waals surface area contributed by atoms with E-state index in [0.29, 0.717) is 18.7 Å². The van der Waals surface area contributed by atoms with E-state index in [9.17, 15) is 0 Å². The molecule has 0 radical (unpaired) electrons. The quantitative estimate of drug-likeness (QED) is 0.400. The number of pyridine rings is 1. The van der Waals surface area contributed by atoms with Crippen LogP contribution < -0.4 is 15.4 Å². The number of aliphatic imine (C=N–C) groups is 1. The summed E-state index contributed by atoms with van der Waals surface area (Å²) in [7, 11) is 0. The second-order valence-electron chi connectivity index (χ2n) is 6.50. The molecule has 2 aliphatic rings. The van der Waals surface area contributed by atoms with Crippen molar-refractivity contribution < 1.29 is 4.74 Å². The van der Waals surface area contributed by atoms with E-state index in [4.69, 9.17) is 4.74 Å². The highest BCUT2D eigenvalue weighted by molar-refractivity contribution is 14.0. The summed E-state index contributed by atoms with van der Waals surface area (Å²) in [6.45, 7) is 3.60. The molecule has 2 fully saturated rings. The molecule has 1 aromatic rings. The maximum absolute atomic E-state index is 5.96. The van der Waals surface area contributed by atoms with E-state index in [1.807, 2.05) is 12.3 Å². The van der Waals surface area contributed by atoms with Gasteiger partial charge in [-0.3, -0.25) is 0 Å². The van der Waals surface area contributed by atoms with E-state index >= 15 is 0 Å². The first kappa shape index (κ1) is 19.3. The Kier molecular flexibility index (Phi) is 8.08. The van der Waals surface area contributed by atoms with Crippen molar-refractivity contribution in [3.05, 3.63) is 23.9 Å². The average Bonchev–Trinajstić information content (AvgIpc) is 3.39. The van der Waals surface area contributed by atoms with Gasteiger partial charge in [0.15, 0.2) is 5.96 Å². The van der Waals surface area contributed by atoms with Crippen LogP contribution >= 0.6 is 24.0 Å². The Bertz CT molecular complexity index is 510. The molecule has 2 saturated carbocycles. The van der Waals surface area contributed by atoms with Gasteiger partial charge in [-0.1, -0.05) is 12.5 Å². The van der Waals surface area contributed by atoms with Gasteiger partial charge in [-0.05, 0) is 51.0 Å². The molecule has 0 saturated heterocycles. The number of hydrogen-bond acceptors (Lipinski definition) is 3. The van der Waals surface area contributed by atoms with Crippen LogP contribution in [0.2, 0.25) is 0 Å². The Morgan fingerprint density at radius 1 is 1.21 bits per heavy atom. The number of nitrogens with one attached hydrogen (secondary N) is 2. The summed E-state index contributed by atoms with van der Waals surface area (Å²) < 4.78 is 5.96. The first-order valence-corrected chi connectivity index (χ1v) is 9.00. The van der Waals surface area contributed by atoms with Crippen molar-refractivity contribution in [3.8, 4) is 5.88 Å². The molecule has 134 valence electrons. The molecule has 0 aromatic carbocycles. The largest absolute Gasteiger partial charge is 0.474 e. The van der Waals surface area contributed by atoms with Crippen molar-refractivity contribution in [2.24, 2.45) is 4.99 Å².